The van der Waals surface area contributed by atoms with Crippen LogP contribution in [0.4, 0.5) is 5.82 Å². The molecule has 1 unspecified atom stereocenters. The zero-order chi connectivity index (χ0) is 21.4. The third-order valence-electron chi connectivity index (χ3n) is 5.90. The summed E-state index contributed by atoms with van der Waals surface area (Å²) in [6.07, 6.45) is 5.30. The van der Waals surface area contributed by atoms with Gasteiger partial charge in [0.2, 0.25) is 0 Å². The van der Waals surface area contributed by atoms with Crippen molar-refractivity contribution in [3.05, 3.63) is 38.7 Å². The van der Waals surface area contributed by atoms with Gasteiger partial charge in [-0.1, -0.05) is 24.4 Å². The van der Waals surface area contributed by atoms with Gasteiger partial charge in [-0.25, -0.2) is 9.97 Å². The van der Waals surface area contributed by atoms with E-state index in [2.05, 4.69) is 73.9 Å². The first-order chi connectivity index (χ1) is 14.4. The number of halogens is 2. The molecule has 0 amide bonds. The van der Waals surface area contributed by atoms with E-state index < -0.39 is 0 Å². The van der Waals surface area contributed by atoms with Gasteiger partial charge in [-0.3, -0.25) is 4.57 Å². The standard InChI is InChI=1S/C22H26BBr2N4O/c1-13-11-29(20-17(24)9-16(23-3)10-18(20)25)22-19(13)21(26-14(2)27-22)28-7-4-5-15(12-28)6-8-30/h9-11,15,30H,4-8,12H2,1-3H3. The molecule has 1 aliphatic heterocycles. The molecule has 1 saturated heterocycles. The van der Waals surface area contributed by atoms with Gasteiger partial charge < -0.3 is 10.0 Å². The predicted octanol–water partition coefficient (Wildman–Crippen LogP) is 4.54. The Morgan fingerprint density at radius 1 is 1.20 bits per heavy atom. The Bertz CT molecular complexity index is 1060. The molecule has 1 fully saturated rings. The Kier molecular flexibility index (Phi) is 6.56. The molecule has 0 saturated carbocycles. The minimum absolute atomic E-state index is 0.249. The van der Waals surface area contributed by atoms with Crippen LogP contribution in [0.2, 0.25) is 6.82 Å². The summed E-state index contributed by atoms with van der Waals surface area (Å²) in [6, 6.07) is 4.25. The molecule has 1 aromatic carbocycles. The van der Waals surface area contributed by atoms with Gasteiger partial charge in [-0.15, -0.1) is 0 Å². The lowest BCUT2D eigenvalue weighted by Gasteiger charge is -2.34. The lowest BCUT2D eigenvalue weighted by Crippen LogP contribution is -2.36. The number of aliphatic hydroxyl groups excluding tert-OH is 1. The van der Waals surface area contributed by atoms with Crippen LogP contribution >= 0.6 is 31.9 Å². The Morgan fingerprint density at radius 2 is 1.93 bits per heavy atom. The van der Waals surface area contributed by atoms with Crippen LogP contribution in [0.3, 0.4) is 0 Å². The highest BCUT2D eigenvalue weighted by Gasteiger charge is 2.25. The van der Waals surface area contributed by atoms with E-state index in [1.807, 2.05) is 13.7 Å². The summed E-state index contributed by atoms with van der Waals surface area (Å²) in [7, 11) is 2.09. The fourth-order valence-corrected chi connectivity index (χ4v) is 6.05. The molecule has 0 aliphatic carbocycles. The summed E-state index contributed by atoms with van der Waals surface area (Å²) in [6.45, 7) is 8.31. The number of aliphatic hydroxyl groups is 1. The number of fused-ring (bicyclic) bond motifs is 1. The quantitative estimate of drug-likeness (QED) is 0.490. The smallest absolute Gasteiger partial charge is 0.150 e. The molecular formula is C22H26BBr2N4O. The highest BCUT2D eigenvalue weighted by atomic mass is 79.9. The van der Waals surface area contributed by atoms with Crippen molar-refractivity contribution in [2.75, 3.05) is 24.6 Å². The molecule has 1 N–H and O–H groups in total. The summed E-state index contributed by atoms with van der Waals surface area (Å²) in [5, 5.41) is 10.5. The average Bonchev–Trinajstić information content (AvgIpc) is 3.03. The van der Waals surface area contributed by atoms with E-state index >= 15 is 0 Å². The van der Waals surface area contributed by atoms with E-state index in [0.717, 1.165) is 74.3 Å². The second-order valence-electron chi connectivity index (χ2n) is 8.06. The van der Waals surface area contributed by atoms with E-state index in [4.69, 9.17) is 9.97 Å². The van der Waals surface area contributed by atoms with Gasteiger partial charge in [0.1, 0.15) is 18.9 Å². The molecule has 0 spiro atoms. The fourth-order valence-electron chi connectivity index (χ4n) is 4.45. The Labute approximate surface area is 195 Å². The van der Waals surface area contributed by atoms with Crippen LogP contribution in [0.5, 0.6) is 0 Å². The number of anilines is 1. The third kappa shape index (κ3) is 4.06. The summed E-state index contributed by atoms with van der Waals surface area (Å²) >= 11 is 7.52. The molecule has 3 aromatic rings. The molecule has 8 heteroatoms. The van der Waals surface area contributed by atoms with Crippen LogP contribution in [-0.4, -0.2) is 46.6 Å². The van der Waals surface area contributed by atoms with Crippen molar-refractivity contribution in [3.8, 4) is 5.69 Å². The Morgan fingerprint density at radius 3 is 2.60 bits per heavy atom. The number of hydrogen-bond donors (Lipinski definition) is 1. The Balaban J connectivity index is 1.87. The second-order valence-corrected chi connectivity index (χ2v) is 9.77. The maximum absolute atomic E-state index is 9.40. The van der Waals surface area contributed by atoms with Gasteiger partial charge in [0, 0.05) is 34.8 Å². The zero-order valence-electron chi connectivity index (χ0n) is 17.6. The number of benzene rings is 1. The van der Waals surface area contributed by atoms with Crippen LogP contribution in [0.1, 0.15) is 30.7 Å². The van der Waals surface area contributed by atoms with E-state index in [1.54, 1.807) is 0 Å². The monoisotopic (exact) mass is 531 g/mol. The average molecular weight is 533 g/mol. The summed E-state index contributed by atoms with van der Waals surface area (Å²) in [4.78, 5) is 12.1. The maximum atomic E-state index is 9.40. The number of piperidine rings is 1. The minimum atomic E-state index is 0.249. The molecule has 0 bridgehead atoms. The SMILES string of the molecule is C[B]c1cc(Br)c(-n2cc(C)c3c(N4CCCC(CCO)C4)nc(C)nc32)c(Br)c1. The summed E-state index contributed by atoms with van der Waals surface area (Å²) < 4.78 is 4.19. The van der Waals surface area contributed by atoms with E-state index in [9.17, 15) is 5.11 Å². The fraction of sp³-hybridized carbons (Fsp3) is 0.455. The maximum Gasteiger partial charge on any atom is 0.150 e. The van der Waals surface area contributed by atoms with Crippen molar-refractivity contribution in [1.82, 2.24) is 14.5 Å². The van der Waals surface area contributed by atoms with Gasteiger partial charge in [-0.05, 0) is 76.5 Å². The molecule has 30 heavy (non-hydrogen) atoms. The number of hydrogen-bond acceptors (Lipinski definition) is 4. The number of nitrogens with zero attached hydrogens (tertiary/aromatic N) is 4. The van der Waals surface area contributed by atoms with Crippen molar-refractivity contribution in [2.24, 2.45) is 5.92 Å². The highest BCUT2D eigenvalue weighted by Crippen LogP contribution is 2.36. The predicted molar refractivity (Wildman–Crippen MR) is 132 cm³/mol. The van der Waals surface area contributed by atoms with Gasteiger partial charge in [-0.2, -0.15) is 0 Å². The number of aromatic nitrogens is 3. The minimum Gasteiger partial charge on any atom is -0.396 e. The van der Waals surface area contributed by atoms with Crippen LogP contribution in [0, 0.1) is 19.8 Å². The topological polar surface area (TPSA) is 54.2 Å². The van der Waals surface area contributed by atoms with Gasteiger partial charge in [0.25, 0.3) is 0 Å². The van der Waals surface area contributed by atoms with Crippen LogP contribution in [0.15, 0.2) is 27.3 Å². The van der Waals surface area contributed by atoms with Crippen LogP contribution < -0.4 is 10.4 Å². The van der Waals surface area contributed by atoms with Crippen molar-refractivity contribution in [3.63, 3.8) is 0 Å². The summed E-state index contributed by atoms with van der Waals surface area (Å²) in [5.74, 6) is 2.30. The molecular weight excluding hydrogens is 507 g/mol. The van der Waals surface area contributed by atoms with E-state index in [-0.39, 0.29) is 6.61 Å². The zero-order valence-corrected chi connectivity index (χ0v) is 20.8. The first kappa shape index (κ1) is 21.8. The van der Waals surface area contributed by atoms with Crippen molar-refractivity contribution in [2.45, 2.75) is 39.9 Å². The largest absolute Gasteiger partial charge is 0.396 e. The first-order valence-electron chi connectivity index (χ1n) is 10.4. The Hall–Kier alpha value is -1.38. The van der Waals surface area contributed by atoms with Crippen LogP contribution in [-0.2, 0) is 0 Å². The summed E-state index contributed by atoms with van der Waals surface area (Å²) in [5.41, 5.74) is 4.28. The second kappa shape index (κ2) is 9.01. The first-order valence-corrected chi connectivity index (χ1v) is 12.0. The molecule has 3 heterocycles. The molecule has 157 valence electrons. The van der Waals surface area contributed by atoms with E-state index in [1.165, 1.54) is 6.42 Å². The molecule has 4 rings (SSSR count). The van der Waals surface area contributed by atoms with Crippen molar-refractivity contribution < 1.29 is 5.11 Å². The lowest BCUT2D eigenvalue weighted by molar-refractivity contribution is 0.244. The third-order valence-corrected chi connectivity index (χ3v) is 7.11. The molecule has 1 aliphatic rings. The number of aryl methyl sites for hydroxylation is 2. The molecule has 1 radical (unpaired) electrons. The molecule has 1 atom stereocenters. The molecule has 2 aromatic heterocycles. The van der Waals surface area contributed by atoms with Crippen molar-refractivity contribution >= 4 is 61.5 Å². The highest BCUT2D eigenvalue weighted by molar-refractivity contribution is 9.11. The van der Waals surface area contributed by atoms with E-state index in [0.29, 0.717) is 5.92 Å². The van der Waals surface area contributed by atoms with Gasteiger partial charge in [0.15, 0.2) is 5.65 Å². The van der Waals surface area contributed by atoms with Gasteiger partial charge >= 0.3 is 0 Å². The van der Waals surface area contributed by atoms with Crippen LogP contribution in [0.25, 0.3) is 16.7 Å². The van der Waals surface area contributed by atoms with Gasteiger partial charge in [0.05, 0.1) is 11.1 Å². The lowest BCUT2D eigenvalue weighted by atomic mass is 9.73. The normalized spacial score (nSPS) is 17.0. The number of rotatable bonds is 5. The van der Waals surface area contributed by atoms with Crippen molar-refractivity contribution in [1.29, 1.82) is 0 Å². The molecule has 5 nitrogen and oxygen atoms in total.